The minimum absolute atomic E-state index is 0.0875. The van der Waals surface area contributed by atoms with Crippen molar-refractivity contribution in [2.75, 3.05) is 4.90 Å². The molecule has 1 amide bonds. The summed E-state index contributed by atoms with van der Waals surface area (Å²) in [5.41, 5.74) is 1.42. The zero-order chi connectivity index (χ0) is 14.3. The van der Waals surface area contributed by atoms with E-state index in [1.807, 2.05) is 0 Å². The van der Waals surface area contributed by atoms with Crippen molar-refractivity contribution in [3.05, 3.63) is 46.3 Å². The van der Waals surface area contributed by atoms with Gasteiger partial charge in [0.25, 0.3) is 0 Å². The molecular formula is C13H9ClN2O4. The van der Waals surface area contributed by atoms with Gasteiger partial charge >= 0.3 is 5.97 Å². The quantitative estimate of drug-likeness (QED) is 0.936. The number of rotatable bonds is 3. The Morgan fingerprint density at radius 3 is 2.95 bits per heavy atom. The van der Waals surface area contributed by atoms with E-state index < -0.39 is 5.97 Å². The van der Waals surface area contributed by atoms with Gasteiger partial charge in [0.15, 0.2) is 11.5 Å². The van der Waals surface area contributed by atoms with Crippen LogP contribution in [0.15, 0.2) is 28.8 Å². The highest BCUT2D eigenvalue weighted by Gasteiger charge is 2.28. The van der Waals surface area contributed by atoms with Gasteiger partial charge < -0.3 is 14.5 Å². The van der Waals surface area contributed by atoms with Crippen molar-refractivity contribution in [1.82, 2.24) is 5.16 Å². The number of hydrogen-bond donors (Lipinski definition) is 1. The van der Waals surface area contributed by atoms with Crippen LogP contribution in [0.5, 0.6) is 0 Å². The maximum atomic E-state index is 12.0. The van der Waals surface area contributed by atoms with Gasteiger partial charge in [0, 0.05) is 16.8 Å². The topological polar surface area (TPSA) is 83.6 Å². The van der Waals surface area contributed by atoms with Gasteiger partial charge in [-0.1, -0.05) is 22.8 Å². The van der Waals surface area contributed by atoms with Gasteiger partial charge in [-0.3, -0.25) is 4.79 Å². The number of anilines is 1. The van der Waals surface area contributed by atoms with Crippen LogP contribution < -0.4 is 4.90 Å². The highest BCUT2D eigenvalue weighted by Crippen LogP contribution is 2.32. The predicted octanol–water partition coefficient (Wildman–Crippen LogP) is 2.12. The van der Waals surface area contributed by atoms with Crippen molar-refractivity contribution < 1.29 is 19.2 Å². The third kappa shape index (κ3) is 2.14. The van der Waals surface area contributed by atoms with Gasteiger partial charge in [-0.05, 0) is 17.7 Å². The maximum Gasteiger partial charge on any atom is 0.358 e. The van der Waals surface area contributed by atoms with E-state index in [-0.39, 0.29) is 18.1 Å². The molecule has 0 bridgehead atoms. The lowest BCUT2D eigenvalue weighted by molar-refractivity contribution is -0.117. The number of carboxylic acid groups (broad SMARTS) is 1. The summed E-state index contributed by atoms with van der Waals surface area (Å²) >= 11 is 5.93. The fourth-order valence-electron chi connectivity index (χ4n) is 2.15. The van der Waals surface area contributed by atoms with Crippen molar-refractivity contribution in [1.29, 1.82) is 0 Å². The first-order chi connectivity index (χ1) is 9.54. The molecule has 0 fully saturated rings. The van der Waals surface area contributed by atoms with Gasteiger partial charge in [-0.15, -0.1) is 0 Å². The van der Waals surface area contributed by atoms with Crippen LogP contribution in [0.3, 0.4) is 0 Å². The molecule has 2 aromatic rings. The number of benzene rings is 1. The van der Waals surface area contributed by atoms with Crippen LogP contribution in [0.25, 0.3) is 0 Å². The maximum absolute atomic E-state index is 12.0. The van der Waals surface area contributed by atoms with Crippen molar-refractivity contribution >= 4 is 29.2 Å². The Labute approximate surface area is 118 Å². The van der Waals surface area contributed by atoms with Crippen LogP contribution in [-0.2, 0) is 17.8 Å². The van der Waals surface area contributed by atoms with Crippen LogP contribution in [0, 0.1) is 0 Å². The average molecular weight is 293 g/mol. The van der Waals surface area contributed by atoms with Crippen LogP contribution >= 0.6 is 11.6 Å². The summed E-state index contributed by atoms with van der Waals surface area (Å²) in [5, 5.41) is 12.7. The molecule has 0 unspecified atom stereocenters. The van der Waals surface area contributed by atoms with E-state index in [4.69, 9.17) is 21.2 Å². The number of aromatic nitrogens is 1. The first kappa shape index (κ1) is 12.7. The highest BCUT2D eigenvalue weighted by molar-refractivity contribution is 6.31. The fraction of sp³-hybridized carbons (Fsp3) is 0.154. The van der Waals surface area contributed by atoms with Gasteiger partial charge in [0.1, 0.15) is 0 Å². The summed E-state index contributed by atoms with van der Waals surface area (Å²) in [4.78, 5) is 24.2. The van der Waals surface area contributed by atoms with Crippen molar-refractivity contribution in [2.45, 2.75) is 13.0 Å². The van der Waals surface area contributed by atoms with E-state index in [1.54, 1.807) is 18.2 Å². The number of halogens is 1. The molecule has 0 saturated carbocycles. The normalized spacial score (nSPS) is 13.7. The molecule has 0 aliphatic carbocycles. The lowest BCUT2D eigenvalue weighted by Gasteiger charge is -2.15. The number of carboxylic acids is 1. The van der Waals surface area contributed by atoms with Gasteiger partial charge in [0.2, 0.25) is 5.91 Å². The number of carbonyl (C=O) groups is 2. The Morgan fingerprint density at radius 1 is 1.45 bits per heavy atom. The number of hydrogen-bond acceptors (Lipinski definition) is 4. The SMILES string of the molecule is O=C(O)c1cc(CN2C(=O)Cc3ccc(Cl)cc32)on1. The standard InChI is InChI=1S/C13H9ClN2O4/c14-8-2-1-7-3-12(17)16(11(7)4-8)6-9-5-10(13(18)19)15-20-9/h1-2,4-5H,3,6H2,(H,18,19). The Morgan fingerprint density at radius 2 is 2.25 bits per heavy atom. The Balaban J connectivity index is 1.89. The largest absolute Gasteiger partial charge is 0.476 e. The second-order valence-electron chi connectivity index (χ2n) is 4.41. The summed E-state index contributed by atoms with van der Waals surface area (Å²) in [5.74, 6) is -0.949. The van der Waals surface area contributed by atoms with E-state index in [0.717, 1.165) is 11.3 Å². The summed E-state index contributed by atoms with van der Waals surface area (Å²) in [6.45, 7) is 0.131. The highest BCUT2D eigenvalue weighted by atomic mass is 35.5. The molecule has 2 heterocycles. The molecule has 1 N–H and O–H groups in total. The zero-order valence-electron chi connectivity index (χ0n) is 10.2. The molecule has 0 saturated heterocycles. The first-order valence-corrected chi connectivity index (χ1v) is 6.20. The smallest absolute Gasteiger partial charge is 0.358 e. The average Bonchev–Trinajstić information content (AvgIpc) is 2.97. The lowest BCUT2D eigenvalue weighted by Crippen LogP contribution is -2.25. The lowest BCUT2D eigenvalue weighted by atomic mass is 10.2. The van der Waals surface area contributed by atoms with E-state index >= 15 is 0 Å². The van der Waals surface area contributed by atoms with Gasteiger partial charge in [0.05, 0.1) is 13.0 Å². The summed E-state index contributed by atoms with van der Waals surface area (Å²) in [7, 11) is 0. The molecule has 0 spiro atoms. The molecular weight excluding hydrogens is 284 g/mol. The van der Waals surface area contributed by atoms with Gasteiger partial charge in [-0.25, -0.2) is 4.79 Å². The molecule has 20 heavy (non-hydrogen) atoms. The number of carbonyl (C=O) groups excluding carboxylic acids is 1. The molecule has 1 aromatic heterocycles. The molecule has 3 rings (SSSR count). The molecule has 0 radical (unpaired) electrons. The van der Waals surface area contributed by atoms with Crippen molar-refractivity contribution in [3.63, 3.8) is 0 Å². The Kier molecular flexibility index (Phi) is 2.94. The minimum atomic E-state index is -1.17. The minimum Gasteiger partial charge on any atom is -0.476 e. The number of amides is 1. The van der Waals surface area contributed by atoms with Crippen LogP contribution in [0.1, 0.15) is 21.8 Å². The van der Waals surface area contributed by atoms with Crippen molar-refractivity contribution in [3.8, 4) is 0 Å². The predicted molar refractivity (Wildman–Crippen MR) is 69.8 cm³/mol. The molecule has 7 heteroatoms. The second kappa shape index (κ2) is 4.64. The second-order valence-corrected chi connectivity index (χ2v) is 4.85. The van der Waals surface area contributed by atoms with E-state index in [9.17, 15) is 9.59 Å². The third-order valence-corrected chi connectivity index (χ3v) is 3.31. The molecule has 0 atom stereocenters. The molecule has 1 aliphatic rings. The molecule has 6 nitrogen and oxygen atoms in total. The third-order valence-electron chi connectivity index (χ3n) is 3.07. The van der Waals surface area contributed by atoms with E-state index in [1.165, 1.54) is 11.0 Å². The zero-order valence-corrected chi connectivity index (χ0v) is 10.9. The van der Waals surface area contributed by atoms with Crippen molar-refractivity contribution in [2.24, 2.45) is 0 Å². The summed E-state index contributed by atoms with van der Waals surface area (Å²) in [6.07, 6.45) is 0.298. The Bertz CT molecular complexity index is 710. The van der Waals surface area contributed by atoms with Gasteiger partial charge in [-0.2, -0.15) is 0 Å². The monoisotopic (exact) mass is 292 g/mol. The summed E-state index contributed by atoms with van der Waals surface area (Å²) < 4.78 is 4.92. The number of fused-ring (bicyclic) bond motifs is 1. The summed E-state index contributed by atoms with van der Waals surface area (Å²) in [6, 6.07) is 6.54. The molecule has 1 aromatic carbocycles. The molecule has 1 aliphatic heterocycles. The molecule has 102 valence electrons. The van der Waals surface area contributed by atoms with Crippen LogP contribution in [-0.4, -0.2) is 22.1 Å². The fourth-order valence-corrected chi connectivity index (χ4v) is 2.31. The Hall–Kier alpha value is -2.34. The van der Waals surface area contributed by atoms with Crippen LogP contribution in [0.4, 0.5) is 5.69 Å². The van der Waals surface area contributed by atoms with E-state index in [0.29, 0.717) is 17.2 Å². The number of nitrogens with zero attached hydrogens (tertiary/aromatic N) is 2. The van der Waals surface area contributed by atoms with E-state index in [2.05, 4.69) is 5.16 Å². The van der Waals surface area contributed by atoms with Crippen LogP contribution in [0.2, 0.25) is 5.02 Å². The first-order valence-electron chi connectivity index (χ1n) is 5.82. The number of aromatic carboxylic acids is 1.